The van der Waals surface area contributed by atoms with E-state index < -0.39 is 0 Å². The molecule has 3 rings (SSSR count). The van der Waals surface area contributed by atoms with Crippen LogP contribution in [0.15, 0.2) is 42.5 Å². The van der Waals surface area contributed by atoms with Crippen molar-refractivity contribution in [2.45, 2.75) is 27.3 Å². The zero-order valence-corrected chi connectivity index (χ0v) is 14.6. The summed E-state index contributed by atoms with van der Waals surface area (Å²) in [6, 6.07) is 11.7. The van der Waals surface area contributed by atoms with Crippen LogP contribution in [0, 0.1) is 19.7 Å². The number of fused-ring (bicyclic) bond motifs is 1. The Balaban J connectivity index is 1.89. The first kappa shape index (κ1) is 17.0. The van der Waals surface area contributed by atoms with Gasteiger partial charge in [0.2, 0.25) is 0 Å². The van der Waals surface area contributed by atoms with Crippen molar-refractivity contribution in [3.63, 3.8) is 0 Å². The fourth-order valence-corrected chi connectivity index (χ4v) is 2.73. The number of rotatable bonds is 4. The maximum atomic E-state index is 13.4. The molecular weight excluding hydrogens is 317 g/mol. The Bertz CT molecular complexity index is 939. The van der Waals surface area contributed by atoms with Crippen LogP contribution in [0.25, 0.3) is 11.0 Å². The molecule has 0 N–H and O–H groups in total. The molecule has 1 amide bonds. The highest BCUT2D eigenvalue weighted by molar-refractivity contribution is 5.97. The second-order valence-electron chi connectivity index (χ2n) is 6.05. The van der Waals surface area contributed by atoms with Crippen LogP contribution in [0.3, 0.4) is 0 Å². The number of hydrogen-bond donors (Lipinski definition) is 0. The maximum absolute atomic E-state index is 13.4. The summed E-state index contributed by atoms with van der Waals surface area (Å²) in [5, 5.41) is 0. The lowest BCUT2D eigenvalue weighted by atomic mass is 10.1. The minimum absolute atomic E-state index is 0.103. The SMILES string of the molecule is CCN(Cc1cccc(F)c1)C(=O)c1ccc2nc(C)c(C)nc2c1. The Kier molecular flexibility index (Phi) is 4.74. The molecule has 5 heteroatoms. The number of benzene rings is 2. The van der Waals surface area contributed by atoms with Gasteiger partial charge in [-0.2, -0.15) is 0 Å². The van der Waals surface area contributed by atoms with E-state index in [4.69, 9.17) is 0 Å². The van der Waals surface area contributed by atoms with Gasteiger partial charge in [0, 0.05) is 18.7 Å². The van der Waals surface area contributed by atoms with Crippen LogP contribution in [0.5, 0.6) is 0 Å². The van der Waals surface area contributed by atoms with E-state index in [-0.39, 0.29) is 11.7 Å². The lowest BCUT2D eigenvalue weighted by Gasteiger charge is -2.21. The number of carbonyl (C=O) groups excluding carboxylic acids is 1. The van der Waals surface area contributed by atoms with Gasteiger partial charge in [-0.25, -0.2) is 14.4 Å². The third-order valence-corrected chi connectivity index (χ3v) is 4.25. The summed E-state index contributed by atoms with van der Waals surface area (Å²) < 4.78 is 13.4. The monoisotopic (exact) mass is 337 g/mol. The lowest BCUT2D eigenvalue weighted by Crippen LogP contribution is -2.30. The summed E-state index contributed by atoms with van der Waals surface area (Å²) in [5.41, 5.74) is 4.53. The summed E-state index contributed by atoms with van der Waals surface area (Å²) in [4.78, 5) is 23.5. The van der Waals surface area contributed by atoms with Crippen LogP contribution in [0.2, 0.25) is 0 Å². The van der Waals surface area contributed by atoms with Crippen molar-refractivity contribution in [1.29, 1.82) is 0 Å². The number of nitrogens with zero attached hydrogens (tertiary/aromatic N) is 3. The van der Waals surface area contributed by atoms with Gasteiger partial charge < -0.3 is 4.90 Å². The van der Waals surface area contributed by atoms with E-state index in [1.807, 2.05) is 32.9 Å². The molecule has 25 heavy (non-hydrogen) atoms. The van der Waals surface area contributed by atoms with Crippen molar-refractivity contribution in [3.8, 4) is 0 Å². The highest BCUT2D eigenvalue weighted by atomic mass is 19.1. The molecule has 0 aliphatic carbocycles. The van der Waals surface area contributed by atoms with Crippen LogP contribution in [0.1, 0.15) is 34.2 Å². The van der Waals surface area contributed by atoms with E-state index in [2.05, 4.69) is 9.97 Å². The molecule has 1 aromatic heterocycles. The molecule has 0 bridgehead atoms. The number of hydrogen-bond acceptors (Lipinski definition) is 3. The molecule has 2 aromatic carbocycles. The standard InChI is InChI=1S/C20H20FN3O/c1-4-24(12-15-6-5-7-17(21)10-15)20(25)16-8-9-18-19(11-16)23-14(3)13(2)22-18/h5-11H,4,12H2,1-3H3. The van der Waals surface area contributed by atoms with E-state index in [9.17, 15) is 9.18 Å². The molecule has 0 atom stereocenters. The number of aryl methyl sites for hydroxylation is 2. The molecule has 0 aliphatic rings. The van der Waals surface area contributed by atoms with Gasteiger partial charge in [-0.05, 0) is 56.7 Å². The predicted molar refractivity (Wildman–Crippen MR) is 95.8 cm³/mol. The Morgan fingerprint density at radius 3 is 2.44 bits per heavy atom. The first-order valence-corrected chi connectivity index (χ1v) is 8.26. The zero-order valence-electron chi connectivity index (χ0n) is 14.6. The summed E-state index contributed by atoms with van der Waals surface area (Å²) >= 11 is 0. The Labute approximate surface area is 146 Å². The highest BCUT2D eigenvalue weighted by Crippen LogP contribution is 2.17. The summed E-state index contributed by atoms with van der Waals surface area (Å²) in [5.74, 6) is -0.401. The van der Waals surface area contributed by atoms with Crippen molar-refractivity contribution in [3.05, 3.63) is 70.8 Å². The fourth-order valence-electron chi connectivity index (χ4n) is 2.73. The largest absolute Gasteiger partial charge is 0.335 e. The normalized spacial score (nSPS) is 10.9. The van der Waals surface area contributed by atoms with Crippen LogP contribution in [0.4, 0.5) is 4.39 Å². The van der Waals surface area contributed by atoms with Gasteiger partial charge in [-0.1, -0.05) is 12.1 Å². The molecule has 0 spiro atoms. The minimum Gasteiger partial charge on any atom is -0.335 e. The molecule has 0 aliphatic heterocycles. The molecule has 0 saturated carbocycles. The molecule has 128 valence electrons. The predicted octanol–water partition coefficient (Wildman–Crippen LogP) is 4.05. The zero-order chi connectivity index (χ0) is 18.0. The van der Waals surface area contributed by atoms with Gasteiger partial charge >= 0.3 is 0 Å². The molecule has 0 saturated heterocycles. The van der Waals surface area contributed by atoms with Crippen molar-refractivity contribution in [2.24, 2.45) is 0 Å². The Morgan fingerprint density at radius 2 is 1.76 bits per heavy atom. The molecule has 0 fully saturated rings. The maximum Gasteiger partial charge on any atom is 0.254 e. The van der Waals surface area contributed by atoms with Gasteiger partial charge in [0.1, 0.15) is 5.82 Å². The van der Waals surface area contributed by atoms with E-state index in [0.29, 0.717) is 24.2 Å². The van der Waals surface area contributed by atoms with Crippen molar-refractivity contribution < 1.29 is 9.18 Å². The summed E-state index contributed by atoms with van der Waals surface area (Å²) in [6.07, 6.45) is 0. The number of aromatic nitrogens is 2. The first-order chi connectivity index (χ1) is 12.0. The second kappa shape index (κ2) is 6.97. The number of halogens is 1. The average molecular weight is 337 g/mol. The van der Waals surface area contributed by atoms with E-state index in [1.54, 1.807) is 23.1 Å². The molecular formula is C20H20FN3O. The van der Waals surface area contributed by atoms with Gasteiger partial charge in [0.15, 0.2) is 0 Å². The van der Waals surface area contributed by atoms with Crippen LogP contribution in [-0.2, 0) is 6.54 Å². The van der Waals surface area contributed by atoms with E-state index in [1.165, 1.54) is 12.1 Å². The Hall–Kier alpha value is -2.82. The van der Waals surface area contributed by atoms with Crippen LogP contribution >= 0.6 is 0 Å². The van der Waals surface area contributed by atoms with Crippen molar-refractivity contribution in [1.82, 2.24) is 14.9 Å². The lowest BCUT2D eigenvalue weighted by molar-refractivity contribution is 0.0752. The van der Waals surface area contributed by atoms with Gasteiger partial charge in [0.25, 0.3) is 5.91 Å². The van der Waals surface area contributed by atoms with E-state index >= 15 is 0 Å². The summed E-state index contributed by atoms with van der Waals surface area (Å²) in [6.45, 7) is 6.62. The third kappa shape index (κ3) is 3.65. The second-order valence-corrected chi connectivity index (χ2v) is 6.05. The minimum atomic E-state index is -0.298. The topological polar surface area (TPSA) is 46.1 Å². The molecule has 4 nitrogen and oxygen atoms in total. The smallest absolute Gasteiger partial charge is 0.254 e. The van der Waals surface area contributed by atoms with Crippen LogP contribution < -0.4 is 0 Å². The molecule has 1 heterocycles. The first-order valence-electron chi connectivity index (χ1n) is 8.26. The third-order valence-electron chi connectivity index (χ3n) is 4.25. The molecule has 0 unspecified atom stereocenters. The number of amides is 1. The average Bonchev–Trinajstić information content (AvgIpc) is 2.60. The van der Waals surface area contributed by atoms with Gasteiger partial charge in [-0.15, -0.1) is 0 Å². The van der Waals surface area contributed by atoms with Gasteiger partial charge in [-0.3, -0.25) is 4.79 Å². The Morgan fingerprint density at radius 1 is 1.04 bits per heavy atom. The quantitative estimate of drug-likeness (QED) is 0.721. The molecule has 0 radical (unpaired) electrons. The molecule has 3 aromatic rings. The van der Waals surface area contributed by atoms with Crippen molar-refractivity contribution in [2.75, 3.05) is 6.54 Å². The number of carbonyl (C=O) groups is 1. The van der Waals surface area contributed by atoms with Crippen molar-refractivity contribution >= 4 is 16.9 Å². The van der Waals surface area contributed by atoms with E-state index in [0.717, 1.165) is 22.5 Å². The fraction of sp³-hybridized carbons (Fsp3) is 0.250. The van der Waals surface area contributed by atoms with Crippen LogP contribution in [-0.4, -0.2) is 27.3 Å². The van der Waals surface area contributed by atoms with Gasteiger partial charge in [0.05, 0.1) is 22.4 Å². The highest BCUT2D eigenvalue weighted by Gasteiger charge is 2.16. The summed E-state index contributed by atoms with van der Waals surface area (Å²) in [7, 11) is 0.